The van der Waals surface area contributed by atoms with Crippen molar-refractivity contribution < 1.29 is 9.13 Å². The number of nitrogens with zero attached hydrogens (tertiary/aromatic N) is 6. The third-order valence-electron chi connectivity index (χ3n) is 6.60. The van der Waals surface area contributed by atoms with E-state index in [1.54, 1.807) is 0 Å². The molecule has 1 fully saturated rings. The van der Waals surface area contributed by atoms with E-state index in [1.165, 1.54) is 5.56 Å². The number of nitrogens with one attached hydrogen (secondary N) is 1. The quantitative estimate of drug-likeness (QED) is 0.464. The summed E-state index contributed by atoms with van der Waals surface area (Å²) in [4.78, 5) is 21.0. The Balaban J connectivity index is 1.46. The molecule has 0 radical (unpaired) electrons. The van der Waals surface area contributed by atoms with Crippen LogP contribution in [0.15, 0.2) is 42.7 Å². The number of fused-ring (bicyclic) bond motifs is 3. The highest BCUT2D eigenvalue weighted by molar-refractivity contribution is 6.31. The minimum Gasteiger partial charge on any atom is -0.378 e. The lowest BCUT2D eigenvalue weighted by atomic mass is 9.93. The van der Waals surface area contributed by atoms with Crippen molar-refractivity contribution in [3.63, 3.8) is 0 Å². The van der Waals surface area contributed by atoms with Crippen molar-refractivity contribution in [2.45, 2.75) is 12.5 Å². The van der Waals surface area contributed by atoms with E-state index in [0.717, 1.165) is 47.3 Å². The van der Waals surface area contributed by atoms with Crippen LogP contribution in [0.4, 0.5) is 16.2 Å². The van der Waals surface area contributed by atoms with Gasteiger partial charge in [-0.05, 0) is 41.8 Å². The first-order valence-corrected chi connectivity index (χ1v) is 11.8. The van der Waals surface area contributed by atoms with Gasteiger partial charge < -0.3 is 19.5 Å². The number of aromatic amines is 1. The molecule has 35 heavy (non-hydrogen) atoms. The summed E-state index contributed by atoms with van der Waals surface area (Å²) in [6.07, 6.45) is 3.64. The number of anilines is 2. The molecule has 1 atom stereocenters. The number of halogens is 2. The summed E-state index contributed by atoms with van der Waals surface area (Å²) in [6, 6.07) is 11.4. The number of aromatic nitrogens is 4. The highest BCUT2D eigenvalue weighted by atomic mass is 35.5. The number of nitriles is 1. The lowest BCUT2D eigenvalue weighted by Crippen LogP contribution is -2.38. The molecule has 1 N–H and O–H groups in total. The smallest absolute Gasteiger partial charge is 0.227 e. The fourth-order valence-electron chi connectivity index (χ4n) is 4.94. The van der Waals surface area contributed by atoms with Gasteiger partial charge >= 0.3 is 0 Å². The molecule has 2 aliphatic rings. The number of H-pyrrole nitrogens is 1. The van der Waals surface area contributed by atoms with Crippen LogP contribution in [0.5, 0.6) is 0 Å². The van der Waals surface area contributed by atoms with Gasteiger partial charge in [0, 0.05) is 47.5 Å². The lowest BCUT2D eigenvalue weighted by Gasteiger charge is -2.36. The van der Waals surface area contributed by atoms with E-state index in [0.29, 0.717) is 37.2 Å². The number of hydrogen-bond acceptors (Lipinski definition) is 7. The zero-order valence-electron chi connectivity index (χ0n) is 18.7. The molecule has 0 aliphatic carbocycles. The van der Waals surface area contributed by atoms with Crippen molar-refractivity contribution in [2.75, 3.05) is 42.6 Å². The van der Waals surface area contributed by atoms with Gasteiger partial charge in [0.2, 0.25) is 5.95 Å². The van der Waals surface area contributed by atoms with Crippen LogP contribution in [-0.4, -0.2) is 52.8 Å². The predicted molar refractivity (Wildman–Crippen MR) is 130 cm³/mol. The number of pyridine rings is 1. The molecule has 10 heteroatoms. The van der Waals surface area contributed by atoms with Crippen LogP contribution < -0.4 is 9.80 Å². The fraction of sp³-hybridized carbons (Fsp3) is 0.280. The number of ether oxygens (including phenoxy) is 1. The van der Waals surface area contributed by atoms with Crippen molar-refractivity contribution in [3.8, 4) is 6.07 Å². The molecule has 1 saturated heterocycles. The molecule has 6 rings (SSSR count). The Kier molecular flexibility index (Phi) is 5.47. The largest absolute Gasteiger partial charge is 0.378 e. The minimum absolute atomic E-state index is 0.274. The summed E-state index contributed by atoms with van der Waals surface area (Å²) >= 11 is 6.30. The summed E-state index contributed by atoms with van der Waals surface area (Å²) in [5.74, 6) is 0.461. The van der Waals surface area contributed by atoms with Crippen molar-refractivity contribution in [1.82, 2.24) is 19.9 Å². The molecule has 0 unspecified atom stereocenters. The van der Waals surface area contributed by atoms with Crippen LogP contribution >= 0.6 is 11.6 Å². The summed E-state index contributed by atoms with van der Waals surface area (Å²) in [5.41, 5.74) is 3.81. The molecule has 8 nitrogen and oxygen atoms in total. The first-order valence-electron chi connectivity index (χ1n) is 11.4. The molecular formula is C25H21ClFN7O. The van der Waals surface area contributed by atoms with Crippen LogP contribution in [0.2, 0.25) is 5.02 Å². The monoisotopic (exact) mass is 489 g/mol. The van der Waals surface area contributed by atoms with Crippen molar-refractivity contribution in [2.24, 2.45) is 0 Å². The Morgan fingerprint density at radius 1 is 1.11 bits per heavy atom. The van der Waals surface area contributed by atoms with Gasteiger partial charge in [0.25, 0.3) is 0 Å². The second-order valence-corrected chi connectivity index (χ2v) is 9.02. The first-order chi connectivity index (χ1) is 17.1. The molecule has 176 valence electrons. The molecular weight excluding hydrogens is 469 g/mol. The molecule has 1 aromatic carbocycles. The maximum Gasteiger partial charge on any atom is 0.227 e. The van der Waals surface area contributed by atoms with Gasteiger partial charge in [-0.1, -0.05) is 17.7 Å². The van der Waals surface area contributed by atoms with Crippen molar-refractivity contribution in [1.29, 1.82) is 5.26 Å². The Morgan fingerprint density at radius 2 is 1.97 bits per heavy atom. The highest BCUT2D eigenvalue weighted by Crippen LogP contribution is 2.40. The molecule has 0 amide bonds. The topological polar surface area (TPSA) is 94.0 Å². The third kappa shape index (κ3) is 3.85. The molecule has 2 aliphatic heterocycles. The predicted octanol–water partition coefficient (Wildman–Crippen LogP) is 4.01. The summed E-state index contributed by atoms with van der Waals surface area (Å²) in [6.45, 7) is 3.55. The minimum atomic E-state index is -0.734. The normalized spacial score (nSPS) is 17.9. The van der Waals surface area contributed by atoms with Gasteiger partial charge in [-0.15, -0.1) is 0 Å². The molecule has 5 heterocycles. The van der Waals surface area contributed by atoms with Crippen molar-refractivity contribution in [3.05, 3.63) is 76.1 Å². The molecule has 3 aromatic heterocycles. The highest BCUT2D eigenvalue weighted by Gasteiger charge is 2.34. The van der Waals surface area contributed by atoms with E-state index in [4.69, 9.17) is 21.3 Å². The summed E-state index contributed by atoms with van der Waals surface area (Å²) in [5, 5.41) is 11.1. The Morgan fingerprint density at radius 3 is 2.74 bits per heavy atom. The zero-order valence-corrected chi connectivity index (χ0v) is 19.5. The molecule has 4 aromatic rings. The van der Waals surface area contributed by atoms with E-state index in [9.17, 15) is 9.65 Å². The first kappa shape index (κ1) is 21.8. The van der Waals surface area contributed by atoms with Gasteiger partial charge in [-0.3, -0.25) is 0 Å². The van der Waals surface area contributed by atoms with E-state index in [1.807, 2.05) is 41.4 Å². The van der Waals surface area contributed by atoms with E-state index in [-0.39, 0.29) is 11.7 Å². The average molecular weight is 490 g/mol. The lowest BCUT2D eigenvalue weighted by molar-refractivity contribution is 0.122. The summed E-state index contributed by atoms with van der Waals surface area (Å²) < 4.78 is 19.4. The summed E-state index contributed by atoms with van der Waals surface area (Å²) in [7, 11) is 0. The van der Waals surface area contributed by atoms with Crippen LogP contribution in [0.25, 0.3) is 10.9 Å². The number of hydrogen-bond donors (Lipinski definition) is 1. The van der Waals surface area contributed by atoms with Gasteiger partial charge in [0.15, 0.2) is 11.5 Å². The van der Waals surface area contributed by atoms with Crippen LogP contribution in [0, 0.1) is 17.1 Å². The maximum atomic E-state index is 14.0. The van der Waals surface area contributed by atoms with Crippen LogP contribution in [0.3, 0.4) is 0 Å². The molecule has 0 bridgehead atoms. The van der Waals surface area contributed by atoms with Gasteiger partial charge in [-0.25, -0.2) is 14.4 Å². The van der Waals surface area contributed by atoms with E-state index in [2.05, 4.69) is 25.9 Å². The van der Waals surface area contributed by atoms with E-state index >= 15 is 0 Å². The van der Waals surface area contributed by atoms with Crippen LogP contribution in [0.1, 0.15) is 28.6 Å². The second-order valence-electron chi connectivity index (χ2n) is 8.58. The number of rotatable bonds is 3. The van der Waals surface area contributed by atoms with Gasteiger partial charge in [0.1, 0.15) is 11.9 Å². The van der Waals surface area contributed by atoms with E-state index < -0.39 is 5.82 Å². The molecule has 0 saturated carbocycles. The Hall–Kier alpha value is -3.74. The van der Waals surface area contributed by atoms with Gasteiger partial charge in [-0.2, -0.15) is 10.2 Å². The van der Waals surface area contributed by atoms with Crippen LogP contribution in [-0.2, 0) is 11.2 Å². The Bertz CT molecular complexity index is 1440. The third-order valence-corrected chi connectivity index (χ3v) is 6.84. The maximum absolute atomic E-state index is 14.0. The standard InChI is InChI=1S/C25H21ClFN7O/c26-16-2-3-20-18(11-16)17-5-6-34(25-30-14-19(27)21(12-28)32-25)24(23(17)31-20)15-1-4-22(29-13-15)33-7-9-35-10-8-33/h1-4,11,13-14,24,31H,5-10H2/t24-/m0/s1. The SMILES string of the molecule is N#Cc1nc(N2CCc3c([nH]c4ccc(Cl)cc34)[C@@H]2c2ccc(N3CCOCC3)nc2)ncc1F. The van der Waals surface area contributed by atoms with Crippen molar-refractivity contribution >= 4 is 34.3 Å². The molecule has 0 spiro atoms. The fourth-order valence-corrected chi connectivity index (χ4v) is 5.11. The zero-order chi connectivity index (χ0) is 23.9. The Labute approximate surface area is 205 Å². The number of morpholine rings is 1. The second kappa shape index (κ2) is 8.80. The van der Waals surface area contributed by atoms with Gasteiger partial charge in [0.05, 0.1) is 25.5 Å². The number of benzene rings is 1. The average Bonchev–Trinajstić information content (AvgIpc) is 3.27.